The first-order valence-corrected chi connectivity index (χ1v) is 10.4. The van der Waals surface area contributed by atoms with Gasteiger partial charge in [-0.1, -0.05) is 12.1 Å². The zero-order chi connectivity index (χ0) is 21.6. The number of ether oxygens (including phenoxy) is 1. The summed E-state index contributed by atoms with van der Waals surface area (Å²) in [6, 6.07) is 12.4. The number of carbonyl (C=O) groups excluding carboxylic acids is 2. The standard InChI is InChI=1S/C20H25N3O5S/c1-14(2)21-20(25)17-7-5-6-8-18(17)22-19(24)13-23(3)29(26,27)16-11-9-15(28-4)10-12-16/h5-12,14H,13H2,1-4H3,(H,21,25)(H,22,24). The van der Waals surface area contributed by atoms with E-state index in [0.29, 0.717) is 17.0 Å². The Morgan fingerprint density at radius 3 is 2.28 bits per heavy atom. The first-order chi connectivity index (χ1) is 13.6. The Hall–Kier alpha value is -2.91. The fraction of sp³-hybridized carbons (Fsp3) is 0.300. The third-order valence-corrected chi connectivity index (χ3v) is 5.82. The van der Waals surface area contributed by atoms with Gasteiger partial charge in [0, 0.05) is 13.1 Å². The highest BCUT2D eigenvalue weighted by Gasteiger charge is 2.23. The maximum Gasteiger partial charge on any atom is 0.253 e. The molecule has 0 unspecified atom stereocenters. The van der Waals surface area contributed by atoms with Gasteiger partial charge in [0.25, 0.3) is 5.91 Å². The first-order valence-electron chi connectivity index (χ1n) is 8.95. The van der Waals surface area contributed by atoms with Crippen molar-refractivity contribution in [3.63, 3.8) is 0 Å². The lowest BCUT2D eigenvalue weighted by molar-refractivity contribution is -0.116. The third kappa shape index (κ3) is 5.78. The molecule has 0 aromatic heterocycles. The van der Waals surface area contributed by atoms with Crippen molar-refractivity contribution < 1.29 is 22.7 Å². The van der Waals surface area contributed by atoms with Gasteiger partial charge in [-0.2, -0.15) is 4.31 Å². The molecule has 0 saturated heterocycles. The molecule has 2 amide bonds. The minimum absolute atomic E-state index is 0.0466. The normalized spacial score (nSPS) is 11.4. The van der Waals surface area contributed by atoms with Crippen LogP contribution in [0.25, 0.3) is 0 Å². The second kappa shape index (κ2) is 9.53. The predicted octanol–water partition coefficient (Wildman–Crippen LogP) is 2.09. The number of benzene rings is 2. The number of nitrogens with one attached hydrogen (secondary N) is 2. The number of carbonyl (C=O) groups is 2. The van der Waals surface area contributed by atoms with Crippen LogP contribution in [-0.2, 0) is 14.8 Å². The van der Waals surface area contributed by atoms with Crippen LogP contribution in [0.4, 0.5) is 5.69 Å². The summed E-state index contributed by atoms with van der Waals surface area (Å²) >= 11 is 0. The van der Waals surface area contributed by atoms with E-state index in [4.69, 9.17) is 4.74 Å². The molecule has 0 spiro atoms. The van der Waals surface area contributed by atoms with Gasteiger partial charge in [-0.25, -0.2) is 8.42 Å². The Balaban J connectivity index is 2.11. The number of sulfonamides is 1. The monoisotopic (exact) mass is 419 g/mol. The van der Waals surface area contributed by atoms with Gasteiger partial charge in [-0.3, -0.25) is 9.59 Å². The number of likely N-dealkylation sites (N-methyl/N-ethyl adjacent to an activating group) is 1. The van der Waals surface area contributed by atoms with Crippen molar-refractivity contribution in [1.82, 2.24) is 9.62 Å². The molecule has 0 atom stereocenters. The minimum atomic E-state index is -3.86. The highest BCUT2D eigenvalue weighted by Crippen LogP contribution is 2.19. The molecule has 2 rings (SSSR count). The van der Waals surface area contributed by atoms with E-state index in [-0.39, 0.29) is 16.8 Å². The van der Waals surface area contributed by atoms with E-state index in [0.717, 1.165) is 4.31 Å². The van der Waals surface area contributed by atoms with E-state index >= 15 is 0 Å². The molecule has 2 aromatic carbocycles. The zero-order valence-corrected chi connectivity index (χ0v) is 17.6. The lowest BCUT2D eigenvalue weighted by Crippen LogP contribution is -2.35. The number of para-hydroxylation sites is 1. The maximum atomic E-state index is 12.7. The number of methoxy groups -OCH3 is 1. The number of amides is 2. The van der Waals surface area contributed by atoms with Gasteiger partial charge in [0.05, 0.1) is 29.8 Å². The van der Waals surface area contributed by atoms with E-state index < -0.39 is 22.5 Å². The Morgan fingerprint density at radius 1 is 1.07 bits per heavy atom. The fourth-order valence-electron chi connectivity index (χ4n) is 2.53. The second-order valence-corrected chi connectivity index (χ2v) is 8.70. The molecule has 0 saturated carbocycles. The highest BCUT2D eigenvalue weighted by molar-refractivity contribution is 7.89. The number of hydrogen-bond acceptors (Lipinski definition) is 5. The molecule has 0 heterocycles. The summed E-state index contributed by atoms with van der Waals surface area (Å²) in [5, 5.41) is 5.37. The van der Waals surface area contributed by atoms with Crippen LogP contribution in [0.3, 0.4) is 0 Å². The summed E-state index contributed by atoms with van der Waals surface area (Å²) in [6.07, 6.45) is 0. The van der Waals surface area contributed by atoms with Crippen LogP contribution in [0.1, 0.15) is 24.2 Å². The minimum Gasteiger partial charge on any atom is -0.497 e. The molecule has 0 radical (unpaired) electrons. The van der Waals surface area contributed by atoms with Crippen molar-refractivity contribution in [3.05, 3.63) is 54.1 Å². The third-order valence-electron chi connectivity index (χ3n) is 4.00. The molecule has 0 aliphatic carbocycles. The smallest absolute Gasteiger partial charge is 0.253 e. The van der Waals surface area contributed by atoms with Crippen molar-refractivity contribution in [2.24, 2.45) is 0 Å². The van der Waals surface area contributed by atoms with Crippen LogP contribution in [0.15, 0.2) is 53.4 Å². The molecule has 0 aliphatic rings. The van der Waals surface area contributed by atoms with Crippen molar-refractivity contribution in [1.29, 1.82) is 0 Å². The molecule has 2 aromatic rings. The molecular formula is C20H25N3O5S. The van der Waals surface area contributed by atoms with E-state index in [1.54, 1.807) is 24.3 Å². The average molecular weight is 420 g/mol. The Labute approximate surface area is 170 Å². The van der Waals surface area contributed by atoms with Crippen LogP contribution in [-0.4, -0.2) is 51.3 Å². The quantitative estimate of drug-likeness (QED) is 0.682. The average Bonchev–Trinajstić information content (AvgIpc) is 2.67. The van der Waals surface area contributed by atoms with Crippen LogP contribution in [0.5, 0.6) is 5.75 Å². The number of rotatable bonds is 8. The van der Waals surface area contributed by atoms with Gasteiger partial charge in [0.15, 0.2) is 0 Å². The lowest BCUT2D eigenvalue weighted by Gasteiger charge is -2.18. The zero-order valence-electron chi connectivity index (χ0n) is 16.8. The molecule has 9 heteroatoms. The predicted molar refractivity (Wildman–Crippen MR) is 110 cm³/mol. The van der Waals surface area contributed by atoms with E-state index in [1.165, 1.54) is 38.4 Å². The Morgan fingerprint density at radius 2 is 1.69 bits per heavy atom. The van der Waals surface area contributed by atoms with Gasteiger partial charge < -0.3 is 15.4 Å². The molecule has 2 N–H and O–H groups in total. The first kappa shape index (κ1) is 22.4. The topological polar surface area (TPSA) is 105 Å². The van der Waals surface area contributed by atoms with Crippen LogP contribution >= 0.6 is 0 Å². The summed E-state index contributed by atoms with van der Waals surface area (Å²) < 4.78 is 31.3. The second-order valence-electron chi connectivity index (χ2n) is 6.66. The molecule has 0 bridgehead atoms. The van der Waals surface area contributed by atoms with Gasteiger partial charge in [0.1, 0.15) is 5.75 Å². The number of nitrogens with zero attached hydrogens (tertiary/aromatic N) is 1. The van der Waals surface area contributed by atoms with Crippen LogP contribution < -0.4 is 15.4 Å². The van der Waals surface area contributed by atoms with Crippen molar-refractivity contribution in [3.8, 4) is 5.75 Å². The molecule has 156 valence electrons. The highest BCUT2D eigenvalue weighted by atomic mass is 32.2. The van der Waals surface area contributed by atoms with Crippen molar-refractivity contribution >= 4 is 27.5 Å². The van der Waals surface area contributed by atoms with E-state index in [1.807, 2.05) is 13.8 Å². The maximum absolute atomic E-state index is 12.7. The summed E-state index contributed by atoms with van der Waals surface area (Å²) in [4.78, 5) is 24.8. The van der Waals surface area contributed by atoms with E-state index in [9.17, 15) is 18.0 Å². The molecule has 29 heavy (non-hydrogen) atoms. The van der Waals surface area contributed by atoms with Gasteiger partial charge in [0.2, 0.25) is 15.9 Å². The van der Waals surface area contributed by atoms with Gasteiger partial charge in [-0.15, -0.1) is 0 Å². The molecule has 0 aliphatic heterocycles. The van der Waals surface area contributed by atoms with E-state index in [2.05, 4.69) is 10.6 Å². The summed E-state index contributed by atoms with van der Waals surface area (Å²) in [6.45, 7) is 3.25. The Bertz CT molecular complexity index is 972. The molecule has 8 nitrogen and oxygen atoms in total. The summed E-state index contributed by atoms with van der Waals surface area (Å²) in [5.74, 6) is -0.356. The van der Waals surface area contributed by atoms with Crippen LogP contribution in [0.2, 0.25) is 0 Å². The SMILES string of the molecule is COc1ccc(S(=O)(=O)N(C)CC(=O)Nc2ccccc2C(=O)NC(C)C)cc1. The van der Waals surface area contributed by atoms with Gasteiger partial charge in [-0.05, 0) is 50.2 Å². The van der Waals surface area contributed by atoms with Crippen molar-refractivity contribution in [2.75, 3.05) is 26.0 Å². The largest absolute Gasteiger partial charge is 0.497 e. The number of hydrogen-bond donors (Lipinski definition) is 2. The lowest BCUT2D eigenvalue weighted by atomic mass is 10.1. The molecular weight excluding hydrogens is 394 g/mol. The Kier molecular flexibility index (Phi) is 7.35. The fourth-order valence-corrected chi connectivity index (χ4v) is 3.66. The summed E-state index contributed by atoms with van der Waals surface area (Å²) in [5.41, 5.74) is 0.612. The summed E-state index contributed by atoms with van der Waals surface area (Å²) in [7, 11) is -1.05. The molecule has 0 fully saturated rings. The van der Waals surface area contributed by atoms with Gasteiger partial charge >= 0.3 is 0 Å². The number of anilines is 1. The van der Waals surface area contributed by atoms with Crippen molar-refractivity contribution in [2.45, 2.75) is 24.8 Å². The van der Waals surface area contributed by atoms with Crippen LogP contribution in [0, 0.1) is 0 Å².